The van der Waals surface area contributed by atoms with Crippen molar-refractivity contribution < 1.29 is 4.74 Å². The number of nitrogens with zero attached hydrogens (tertiary/aromatic N) is 2. The molecule has 0 saturated carbocycles. The molecule has 1 aromatic rings. The molecule has 1 fully saturated rings. The highest BCUT2D eigenvalue weighted by atomic mass is 16.5. The Morgan fingerprint density at radius 1 is 1.64 bits per heavy atom. The molecule has 0 aromatic carbocycles. The maximum Gasteiger partial charge on any atom is 0.0872 e. The Labute approximate surface area is 83.7 Å². The molecule has 1 aliphatic heterocycles. The number of rotatable bonds is 2. The summed E-state index contributed by atoms with van der Waals surface area (Å²) in [4.78, 5) is 6.35. The Morgan fingerprint density at radius 2 is 2.57 bits per heavy atom. The normalized spacial score (nSPS) is 22.4. The van der Waals surface area contributed by atoms with E-state index in [0.717, 1.165) is 25.4 Å². The third-order valence-electron chi connectivity index (χ3n) is 2.41. The van der Waals surface area contributed by atoms with Crippen LogP contribution in [0.25, 0.3) is 0 Å². The molecule has 0 spiro atoms. The van der Waals surface area contributed by atoms with E-state index in [-0.39, 0.29) is 6.10 Å². The lowest BCUT2D eigenvalue weighted by Crippen LogP contribution is -2.45. The summed E-state index contributed by atoms with van der Waals surface area (Å²) in [6.07, 6.45) is 3.81. The van der Waals surface area contributed by atoms with Gasteiger partial charge in [0.2, 0.25) is 0 Å². The van der Waals surface area contributed by atoms with Gasteiger partial charge >= 0.3 is 0 Å². The summed E-state index contributed by atoms with van der Waals surface area (Å²) in [5.41, 5.74) is 6.72. The van der Waals surface area contributed by atoms with Crippen LogP contribution in [0.4, 0.5) is 5.69 Å². The molecule has 2 N–H and O–H groups in total. The fraction of sp³-hybridized carbons (Fsp3) is 0.500. The minimum Gasteiger partial charge on any atom is -0.373 e. The average molecular weight is 193 g/mol. The Morgan fingerprint density at radius 3 is 3.29 bits per heavy atom. The first-order valence-electron chi connectivity index (χ1n) is 4.87. The summed E-state index contributed by atoms with van der Waals surface area (Å²) in [7, 11) is 0. The van der Waals surface area contributed by atoms with Crippen LogP contribution in [0.2, 0.25) is 0 Å². The van der Waals surface area contributed by atoms with E-state index >= 15 is 0 Å². The maximum absolute atomic E-state index is 5.58. The highest BCUT2D eigenvalue weighted by molar-refractivity contribution is 5.44. The summed E-state index contributed by atoms with van der Waals surface area (Å²) >= 11 is 0. The fourth-order valence-corrected chi connectivity index (χ4v) is 1.64. The highest BCUT2D eigenvalue weighted by Gasteiger charge is 2.19. The summed E-state index contributed by atoms with van der Waals surface area (Å²) < 4.78 is 5.49. The molecule has 4 heteroatoms. The van der Waals surface area contributed by atoms with Gasteiger partial charge in [0.05, 0.1) is 24.6 Å². The van der Waals surface area contributed by atoms with Gasteiger partial charge < -0.3 is 15.4 Å². The van der Waals surface area contributed by atoms with Gasteiger partial charge in [0.25, 0.3) is 0 Å². The average Bonchev–Trinajstić information content (AvgIpc) is 2.30. The molecular weight excluding hydrogens is 178 g/mol. The summed E-state index contributed by atoms with van der Waals surface area (Å²) in [5.74, 6) is 0. The Balaban J connectivity index is 2.04. The van der Waals surface area contributed by atoms with Gasteiger partial charge in [-0.15, -0.1) is 0 Å². The van der Waals surface area contributed by atoms with Crippen LogP contribution in [0.15, 0.2) is 24.5 Å². The van der Waals surface area contributed by atoms with E-state index in [0.29, 0.717) is 6.54 Å². The minimum atomic E-state index is 0.156. The third-order valence-corrected chi connectivity index (χ3v) is 2.41. The molecule has 1 unspecified atom stereocenters. The van der Waals surface area contributed by atoms with E-state index in [1.165, 1.54) is 0 Å². The molecule has 2 rings (SSSR count). The van der Waals surface area contributed by atoms with Gasteiger partial charge in [0, 0.05) is 25.8 Å². The summed E-state index contributed by atoms with van der Waals surface area (Å²) in [5, 5.41) is 0. The van der Waals surface area contributed by atoms with Crippen molar-refractivity contribution in [1.82, 2.24) is 4.98 Å². The predicted octanol–water partition coefficient (Wildman–Crippen LogP) is 0.245. The zero-order valence-electron chi connectivity index (χ0n) is 8.10. The number of ether oxygens (including phenoxy) is 1. The lowest BCUT2D eigenvalue weighted by molar-refractivity contribution is 0.0465. The van der Waals surface area contributed by atoms with Gasteiger partial charge in [-0.3, -0.25) is 4.98 Å². The standard InChI is InChI=1S/C10H15N3O/c11-6-10-8-13(4-5-14-10)9-2-1-3-12-7-9/h1-3,7,10H,4-6,8,11H2. The van der Waals surface area contributed by atoms with Crippen molar-refractivity contribution in [3.8, 4) is 0 Å². The first kappa shape index (κ1) is 9.43. The molecule has 76 valence electrons. The zero-order chi connectivity index (χ0) is 9.80. The number of aromatic nitrogens is 1. The van der Waals surface area contributed by atoms with E-state index in [2.05, 4.69) is 16.0 Å². The van der Waals surface area contributed by atoms with E-state index in [4.69, 9.17) is 10.5 Å². The number of anilines is 1. The van der Waals surface area contributed by atoms with E-state index in [1.807, 2.05) is 12.3 Å². The second kappa shape index (κ2) is 4.39. The van der Waals surface area contributed by atoms with Crippen molar-refractivity contribution in [3.63, 3.8) is 0 Å². The van der Waals surface area contributed by atoms with Crippen LogP contribution in [0.1, 0.15) is 0 Å². The van der Waals surface area contributed by atoms with Crippen molar-refractivity contribution in [2.24, 2.45) is 5.73 Å². The molecule has 1 aliphatic rings. The Hall–Kier alpha value is -1.13. The second-order valence-electron chi connectivity index (χ2n) is 3.39. The van der Waals surface area contributed by atoms with Crippen LogP contribution in [-0.4, -0.2) is 37.3 Å². The van der Waals surface area contributed by atoms with Crippen molar-refractivity contribution in [2.75, 3.05) is 31.1 Å². The van der Waals surface area contributed by atoms with Crippen molar-refractivity contribution in [3.05, 3.63) is 24.5 Å². The first-order chi connectivity index (χ1) is 6.90. The van der Waals surface area contributed by atoms with E-state index in [1.54, 1.807) is 6.20 Å². The minimum absolute atomic E-state index is 0.156. The molecule has 1 saturated heterocycles. The third kappa shape index (κ3) is 2.02. The summed E-state index contributed by atoms with van der Waals surface area (Å²) in [6, 6.07) is 4.01. The lowest BCUT2D eigenvalue weighted by Gasteiger charge is -2.33. The number of pyridine rings is 1. The highest BCUT2D eigenvalue weighted by Crippen LogP contribution is 2.15. The quantitative estimate of drug-likeness (QED) is 0.731. The van der Waals surface area contributed by atoms with Crippen LogP contribution in [0, 0.1) is 0 Å². The number of hydrogen-bond acceptors (Lipinski definition) is 4. The molecule has 0 radical (unpaired) electrons. The monoisotopic (exact) mass is 193 g/mol. The van der Waals surface area contributed by atoms with Gasteiger partial charge in [-0.2, -0.15) is 0 Å². The number of hydrogen-bond donors (Lipinski definition) is 1. The molecule has 0 aliphatic carbocycles. The van der Waals surface area contributed by atoms with E-state index < -0.39 is 0 Å². The molecule has 1 aromatic heterocycles. The first-order valence-corrected chi connectivity index (χ1v) is 4.87. The van der Waals surface area contributed by atoms with E-state index in [9.17, 15) is 0 Å². The number of morpholine rings is 1. The largest absolute Gasteiger partial charge is 0.373 e. The van der Waals surface area contributed by atoms with Gasteiger partial charge in [0.15, 0.2) is 0 Å². The number of nitrogens with two attached hydrogens (primary N) is 1. The molecule has 14 heavy (non-hydrogen) atoms. The van der Waals surface area contributed by atoms with Crippen molar-refractivity contribution in [2.45, 2.75) is 6.10 Å². The molecule has 0 amide bonds. The lowest BCUT2D eigenvalue weighted by atomic mass is 10.2. The van der Waals surface area contributed by atoms with Crippen LogP contribution >= 0.6 is 0 Å². The van der Waals surface area contributed by atoms with Crippen molar-refractivity contribution >= 4 is 5.69 Å². The van der Waals surface area contributed by atoms with Crippen molar-refractivity contribution in [1.29, 1.82) is 0 Å². The van der Waals surface area contributed by atoms with Crippen LogP contribution < -0.4 is 10.6 Å². The Bertz CT molecular complexity index is 278. The predicted molar refractivity (Wildman–Crippen MR) is 55.2 cm³/mol. The van der Waals surface area contributed by atoms with Crippen LogP contribution in [-0.2, 0) is 4.74 Å². The molecule has 4 nitrogen and oxygen atoms in total. The zero-order valence-corrected chi connectivity index (χ0v) is 8.10. The molecular formula is C10H15N3O. The van der Waals surface area contributed by atoms with Gasteiger partial charge in [-0.1, -0.05) is 0 Å². The topological polar surface area (TPSA) is 51.4 Å². The summed E-state index contributed by atoms with van der Waals surface area (Å²) in [6.45, 7) is 3.11. The van der Waals surface area contributed by atoms with Crippen LogP contribution in [0.5, 0.6) is 0 Å². The van der Waals surface area contributed by atoms with Crippen LogP contribution in [0.3, 0.4) is 0 Å². The maximum atomic E-state index is 5.58. The molecule has 1 atom stereocenters. The van der Waals surface area contributed by atoms with Gasteiger partial charge in [-0.25, -0.2) is 0 Å². The fourth-order valence-electron chi connectivity index (χ4n) is 1.64. The second-order valence-corrected chi connectivity index (χ2v) is 3.39. The molecule has 2 heterocycles. The SMILES string of the molecule is NCC1CN(c2cccnc2)CCO1. The van der Waals surface area contributed by atoms with Gasteiger partial charge in [0.1, 0.15) is 0 Å². The van der Waals surface area contributed by atoms with Gasteiger partial charge in [-0.05, 0) is 12.1 Å². The molecule has 0 bridgehead atoms. The smallest absolute Gasteiger partial charge is 0.0872 e. The Kier molecular flexibility index (Phi) is 2.96.